The summed E-state index contributed by atoms with van der Waals surface area (Å²) >= 11 is 0. The molecule has 164 valence electrons. The van der Waals surface area contributed by atoms with Crippen molar-refractivity contribution in [2.24, 2.45) is 0 Å². The van der Waals surface area contributed by atoms with Gasteiger partial charge in [-0.05, 0) is 74.0 Å². The zero-order valence-corrected chi connectivity index (χ0v) is 18.5. The maximum absolute atomic E-state index is 12.3. The van der Waals surface area contributed by atoms with Crippen molar-refractivity contribution in [3.05, 3.63) is 70.8 Å². The van der Waals surface area contributed by atoms with Crippen LogP contribution < -0.4 is 11.5 Å². The van der Waals surface area contributed by atoms with E-state index in [2.05, 4.69) is 11.9 Å². The van der Waals surface area contributed by atoms with Gasteiger partial charge in [0.1, 0.15) is 6.29 Å². The Labute approximate surface area is 184 Å². The highest BCUT2D eigenvalue weighted by atomic mass is 16.2. The largest absolute Gasteiger partial charge is 0.399 e. The predicted octanol–water partition coefficient (Wildman–Crippen LogP) is 3.32. The number of likely N-dealkylation sites (N-methyl/N-ethyl adjacent to an activating group) is 1. The number of carbonyl (C=O) groups is 2. The molecule has 1 aliphatic heterocycles. The monoisotopic (exact) mass is 420 g/mol. The Hall–Kier alpha value is -3.38. The lowest BCUT2D eigenvalue weighted by atomic mass is 10.1. The molecule has 1 amide bonds. The molecule has 0 atom stereocenters. The molecule has 0 bridgehead atoms. The highest BCUT2D eigenvalue weighted by Gasteiger charge is 2.19. The van der Waals surface area contributed by atoms with Crippen LogP contribution in [0.15, 0.2) is 59.7 Å². The molecule has 0 spiro atoms. The van der Waals surface area contributed by atoms with Crippen LogP contribution in [0.3, 0.4) is 0 Å². The van der Waals surface area contributed by atoms with E-state index in [0.29, 0.717) is 5.57 Å². The predicted molar refractivity (Wildman–Crippen MR) is 129 cm³/mol. The van der Waals surface area contributed by atoms with Gasteiger partial charge in [-0.15, -0.1) is 0 Å². The first-order valence-electron chi connectivity index (χ1n) is 10.3. The molecule has 1 saturated heterocycles. The van der Waals surface area contributed by atoms with Crippen LogP contribution in [0.4, 0.5) is 11.4 Å². The minimum Gasteiger partial charge on any atom is -0.399 e. The average molecular weight is 421 g/mol. The Morgan fingerprint density at radius 3 is 1.71 bits per heavy atom. The number of nitrogens with two attached hydrogens (primary N) is 2. The van der Waals surface area contributed by atoms with Crippen molar-refractivity contribution in [3.8, 4) is 0 Å². The second-order valence-corrected chi connectivity index (χ2v) is 7.76. The molecule has 0 unspecified atom stereocenters. The summed E-state index contributed by atoms with van der Waals surface area (Å²) in [4.78, 5) is 26.7. The number of rotatable bonds is 4. The number of amides is 1. The summed E-state index contributed by atoms with van der Waals surface area (Å²) in [6.07, 6.45) is 4.56. The molecule has 6 heteroatoms. The normalized spacial score (nSPS) is 15.1. The number of hydrogen-bond acceptors (Lipinski definition) is 5. The Kier molecular flexibility index (Phi) is 9.03. The fourth-order valence-corrected chi connectivity index (χ4v) is 3.05. The van der Waals surface area contributed by atoms with Gasteiger partial charge < -0.3 is 21.3 Å². The smallest absolute Gasteiger partial charge is 0.249 e. The minimum atomic E-state index is 0.130. The fraction of sp³-hybridized carbons (Fsp3) is 0.280. The summed E-state index contributed by atoms with van der Waals surface area (Å²) in [5.41, 5.74) is 16.1. The Morgan fingerprint density at radius 1 is 0.806 bits per heavy atom. The number of allylic oxidation sites excluding steroid dienone is 1. The third kappa shape index (κ3) is 8.10. The lowest BCUT2D eigenvalue weighted by Crippen LogP contribution is -2.47. The van der Waals surface area contributed by atoms with E-state index in [-0.39, 0.29) is 5.91 Å². The van der Waals surface area contributed by atoms with E-state index in [1.165, 1.54) is 0 Å². The second-order valence-electron chi connectivity index (χ2n) is 7.76. The van der Waals surface area contributed by atoms with Crippen molar-refractivity contribution in [3.63, 3.8) is 0 Å². The molecule has 4 N–H and O–H groups in total. The van der Waals surface area contributed by atoms with Crippen LogP contribution in [0, 0.1) is 0 Å². The molecule has 31 heavy (non-hydrogen) atoms. The van der Waals surface area contributed by atoms with Gasteiger partial charge in [-0.25, -0.2) is 0 Å². The van der Waals surface area contributed by atoms with Gasteiger partial charge in [0.2, 0.25) is 5.91 Å². The summed E-state index contributed by atoms with van der Waals surface area (Å²) < 4.78 is 0. The maximum Gasteiger partial charge on any atom is 0.249 e. The standard InChI is InChI=1S/C15H21N3O.C10H11NO/c1-12(11-13-3-5-14(16)6-4-13)15(19)18-9-7-17(2)8-10-18;1-8(7-12)6-9-2-4-10(11)5-3-9/h3-6,11H,7-10,16H2,1-2H3;2-7H,11H2,1H3/b12-11+;8-6+. The van der Waals surface area contributed by atoms with E-state index in [4.69, 9.17) is 11.5 Å². The molecule has 1 fully saturated rings. The number of aldehydes is 1. The molecule has 6 nitrogen and oxygen atoms in total. The zero-order chi connectivity index (χ0) is 22.8. The first kappa shape index (κ1) is 23.9. The summed E-state index contributed by atoms with van der Waals surface area (Å²) in [7, 11) is 2.08. The van der Waals surface area contributed by atoms with Crippen LogP contribution in [0.1, 0.15) is 25.0 Å². The average Bonchev–Trinajstić information content (AvgIpc) is 2.77. The van der Waals surface area contributed by atoms with Gasteiger partial charge in [-0.2, -0.15) is 0 Å². The maximum atomic E-state index is 12.3. The Balaban J connectivity index is 0.000000245. The number of carbonyl (C=O) groups excluding carboxylic acids is 2. The first-order valence-corrected chi connectivity index (χ1v) is 10.3. The molecular formula is C25H32N4O2. The van der Waals surface area contributed by atoms with E-state index in [1.54, 1.807) is 6.92 Å². The van der Waals surface area contributed by atoms with Crippen LogP contribution in [0.2, 0.25) is 0 Å². The van der Waals surface area contributed by atoms with Crippen molar-refractivity contribution in [2.75, 3.05) is 44.7 Å². The van der Waals surface area contributed by atoms with Crippen molar-refractivity contribution in [1.82, 2.24) is 9.80 Å². The van der Waals surface area contributed by atoms with Gasteiger partial charge in [0.05, 0.1) is 0 Å². The van der Waals surface area contributed by atoms with E-state index >= 15 is 0 Å². The number of hydrogen-bond donors (Lipinski definition) is 2. The molecule has 2 aromatic rings. The van der Waals surface area contributed by atoms with Gasteiger partial charge in [0.25, 0.3) is 0 Å². The van der Waals surface area contributed by atoms with E-state index in [1.807, 2.05) is 72.5 Å². The van der Waals surface area contributed by atoms with Gasteiger partial charge in [0, 0.05) is 43.1 Å². The van der Waals surface area contributed by atoms with Gasteiger partial charge in [-0.3, -0.25) is 9.59 Å². The number of benzene rings is 2. The fourth-order valence-electron chi connectivity index (χ4n) is 3.05. The zero-order valence-electron chi connectivity index (χ0n) is 18.5. The van der Waals surface area contributed by atoms with Crippen LogP contribution in [0.25, 0.3) is 12.2 Å². The molecule has 2 aromatic carbocycles. The number of anilines is 2. The summed E-state index contributed by atoms with van der Waals surface area (Å²) in [5.74, 6) is 0.130. The molecule has 0 saturated carbocycles. The van der Waals surface area contributed by atoms with Gasteiger partial charge in [0.15, 0.2) is 0 Å². The highest BCUT2D eigenvalue weighted by Crippen LogP contribution is 2.13. The molecule has 0 aromatic heterocycles. The van der Waals surface area contributed by atoms with Crippen molar-refractivity contribution >= 4 is 35.7 Å². The SMILES string of the molecule is C/C(=C\c1ccc(N)cc1)C(=O)N1CCN(C)CC1.C/C(C=O)=C\c1ccc(N)cc1. The topological polar surface area (TPSA) is 92.7 Å². The van der Waals surface area contributed by atoms with E-state index < -0.39 is 0 Å². The third-order valence-electron chi connectivity index (χ3n) is 4.96. The molecule has 0 aliphatic carbocycles. The van der Waals surface area contributed by atoms with Crippen LogP contribution in [0.5, 0.6) is 0 Å². The Morgan fingerprint density at radius 2 is 1.26 bits per heavy atom. The van der Waals surface area contributed by atoms with Crippen molar-refractivity contribution in [2.45, 2.75) is 13.8 Å². The van der Waals surface area contributed by atoms with E-state index in [0.717, 1.165) is 60.5 Å². The quantitative estimate of drug-likeness (QED) is 0.450. The summed E-state index contributed by atoms with van der Waals surface area (Å²) in [6.45, 7) is 7.15. The van der Waals surface area contributed by atoms with Crippen molar-refractivity contribution in [1.29, 1.82) is 0 Å². The number of piperazine rings is 1. The molecular weight excluding hydrogens is 388 g/mol. The second kappa shape index (κ2) is 11.7. The van der Waals surface area contributed by atoms with Crippen molar-refractivity contribution < 1.29 is 9.59 Å². The first-order chi connectivity index (χ1) is 14.8. The highest BCUT2D eigenvalue weighted by molar-refractivity contribution is 5.97. The third-order valence-corrected chi connectivity index (χ3v) is 4.96. The summed E-state index contributed by atoms with van der Waals surface area (Å²) in [6, 6.07) is 14.9. The van der Waals surface area contributed by atoms with Crippen LogP contribution in [-0.2, 0) is 9.59 Å². The Bertz CT molecular complexity index is 923. The minimum absolute atomic E-state index is 0.130. The summed E-state index contributed by atoms with van der Waals surface area (Å²) in [5, 5.41) is 0. The number of nitrogens with zero attached hydrogens (tertiary/aromatic N) is 2. The molecule has 0 radical (unpaired) electrons. The lowest BCUT2D eigenvalue weighted by Gasteiger charge is -2.32. The number of nitrogen functional groups attached to an aromatic ring is 2. The van der Waals surface area contributed by atoms with Gasteiger partial charge >= 0.3 is 0 Å². The van der Waals surface area contributed by atoms with E-state index in [9.17, 15) is 9.59 Å². The van der Waals surface area contributed by atoms with Gasteiger partial charge in [-0.1, -0.05) is 24.3 Å². The lowest BCUT2D eigenvalue weighted by molar-refractivity contribution is -0.128. The molecule has 3 rings (SSSR count). The molecule has 1 heterocycles. The van der Waals surface area contributed by atoms with Crippen LogP contribution >= 0.6 is 0 Å². The molecule has 1 aliphatic rings. The van der Waals surface area contributed by atoms with Crippen LogP contribution in [-0.4, -0.2) is 55.2 Å².